The second-order valence-corrected chi connectivity index (χ2v) is 8.30. The van der Waals surface area contributed by atoms with Crippen LogP contribution in [0.15, 0.2) is 28.8 Å². The van der Waals surface area contributed by atoms with Crippen LogP contribution >= 0.6 is 0 Å². The highest BCUT2D eigenvalue weighted by Gasteiger charge is 2.38. The van der Waals surface area contributed by atoms with Crippen molar-refractivity contribution in [3.63, 3.8) is 0 Å². The lowest BCUT2D eigenvalue weighted by atomic mass is 9.89. The molecule has 0 saturated heterocycles. The summed E-state index contributed by atoms with van der Waals surface area (Å²) in [5.41, 5.74) is 1.24. The predicted octanol–water partition coefficient (Wildman–Crippen LogP) is 3.78. The number of hydrogen-bond donors (Lipinski definition) is 2. The Labute approximate surface area is 183 Å². The summed E-state index contributed by atoms with van der Waals surface area (Å²) in [4.78, 5) is 30.9. The smallest absolute Gasteiger partial charge is 0.227 e. The maximum atomic E-state index is 12.4. The van der Waals surface area contributed by atoms with Gasteiger partial charge < -0.3 is 20.1 Å². The minimum Gasteiger partial charge on any atom is -0.375 e. The lowest BCUT2D eigenvalue weighted by Crippen LogP contribution is -2.45. The van der Waals surface area contributed by atoms with Crippen LogP contribution in [0.4, 0.5) is 11.4 Å². The molecule has 0 radical (unpaired) electrons. The van der Waals surface area contributed by atoms with Crippen molar-refractivity contribution in [3.05, 3.63) is 36.0 Å². The average Bonchev–Trinajstić information content (AvgIpc) is 3.12. The molecule has 0 aliphatic heterocycles. The Morgan fingerprint density at radius 3 is 2.61 bits per heavy atom. The fraction of sp³-hybridized carbons (Fsp3) is 0.565. The second-order valence-electron chi connectivity index (χ2n) is 8.30. The molecule has 1 fully saturated rings. The largest absolute Gasteiger partial charge is 0.375 e. The molecule has 1 saturated carbocycles. The lowest BCUT2D eigenvalue weighted by Gasteiger charge is -2.30. The number of nitrogens with zero attached hydrogens (tertiary/aromatic N) is 3. The molecule has 0 atom stereocenters. The normalized spacial score (nSPS) is 15.7. The zero-order valence-corrected chi connectivity index (χ0v) is 18.7. The molecular weight excluding hydrogens is 394 g/mol. The van der Waals surface area contributed by atoms with Crippen LogP contribution in [0.3, 0.4) is 0 Å². The van der Waals surface area contributed by atoms with Crippen molar-refractivity contribution in [1.29, 1.82) is 0 Å². The Morgan fingerprint density at radius 1 is 1.19 bits per heavy atom. The van der Waals surface area contributed by atoms with Gasteiger partial charge in [0.1, 0.15) is 5.54 Å². The Balaban J connectivity index is 1.61. The van der Waals surface area contributed by atoms with Crippen molar-refractivity contribution in [1.82, 2.24) is 15.5 Å². The highest BCUT2D eigenvalue weighted by atomic mass is 16.5. The third kappa shape index (κ3) is 6.06. The summed E-state index contributed by atoms with van der Waals surface area (Å²) in [7, 11) is 2.01. The third-order valence-corrected chi connectivity index (χ3v) is 5.88. The maximum absolute atomic E-state index is 12.4. The van der Waals surface area contributed by atoms with Crippen LogP contribution in [0.25, 0.3) is 0 Å². The summed E-state index contributed by atoms with van der Waals surface area (Å²) in [6.07, 6.45) is 6.50. The number of anilines is 2. The zero-order valence-electron chi connectivity index (χ0n) is 18.7. The number of aromatic nitrogens is 2. The lowest BCUT2D eigenvalue weighted by molar-refractivity contribution is -0.121. The van der Waals surface area contributed by atoms with Crippen molar-refractivity contribution in [2.24, 2.45) is 0 Å². The van der Waals surface area contributed by atoms with E-state index in [1.807, 2.05) is 31.3 Å². The number of hydrogen-bond acceptors (Lipinski definition) is 6. The summed E-state index contributed by atoms with van der Waals surface area (Å²) in [6.45, 7) is 4.48. The fourth-order valence-electron chi connectivity index (χ4n) is 4.07. The molecule has 0 unspecified atom stereocenters. The van der Waals surface area contributed by atoms with Crippen LogP contribution in [0.1, 0.15) is 70.5 Å². The van der Waals surface area contributed by atoms with Crippen LogP contribution in [0.5, 0.6) is 0 Å². The number of rotatable bonds is 8. The Hall–Kier alpha value is -2.90. The first kappa shape index (κ1) is 22.8. The third-order valence-electron chi connectivity index (χ3n) is 5.88. The van der Waals surface area contributed by atoms with E-state index in [-0.39, 0.29) is 18.2 Å². The first-order chi connectivity index (χ1) is 14.9. The van der Waals surface area contributed by atoms with Gasteiger partial charge >= 0.3 is 0 Å². The SMILES string of the molecule is CCN(C)c1cccc(NC(=O)CCc2nc(C3(NC(C)=O)CCCCCC3)no2)c1. The van der Waals surface area contributed by atoms with Crippen LogP contribution < -0.4 is 15.5 Å². The summed E-state index contributed by atoms with van der Waals surface area (Å²) in [6, 6.07) is 7.77. The van der Waals surface area contributed by atoms with Crippen LogP contribution in [0, 0.1) is 0 Å². The molecule has 2 N–H and O–H groups in total. The molecule has 8 heteroatoms. The topological polar surface area (TPSA) is 100 Å². The molecule has 31 heavy (non-hydrogen) atoms. The average molecular weight is 428 g/mol. The van der Waals surface area contributed by atoms with E-state index in [0.29, 0.717) is 18.1 Å². The fourth-order valence-corrected chi connectivity index (χ4v) is 4.07. The Bertz CT molecular complexity index is 887. The minimum absolute atomic E-state index is 0.0939. The van der Waals surface area contributed by atoms with Crippen LogP contribution in [0.2, 0.25) is 0 Å². The van der Waals surface area contributed by atoms with Gasteiger partial charge in [-0.15, -0.1) is 0 Å². The number of benzene rings is 1. The van der Waals surface area contributed by atoms with Gasteiger partial charge in [-0.3, -0.25) is 9.59 Å². The summed E-state index contributed by atoms with van der Waals surface area (Å²) in [5, 5.41) is 10.2. The van der Waals surface area contributed by atoms with Gasteiger partial charge in [-0.05, 0) is 38.0 Å². The zero-order chi connectivity index (χ0) is 22.3. The maximum Gasteiger partial charge on any atom is 0.227 e. The van der Waals surface area contributed by atoms with E-state index in [0.717, 1.165) is 56.4 Å². The van der Waals surface area contributed by atoms with E-state index in [1.54, 1.807) is 0 Å². The minimum atomic E-state index is -0.571. The molecular formula is C23H33N5O3. The number of carbonyl (C=O) groups is 2. The van der Waals surface area contributed by atoms with E-state index >= 15 is 0 Å². The number of nitrogens with one attached hydrogen (secondary N) is 2. The van der Waals surface area contributed by atoms with E-state index in [2.05, 4.69) is 32.6 Å². The van der Waals surface area contributed by atoms with E-state index in [1.165, 1.54) is 6.92 Å². The van der Waals surface area contributed by atoms with Crippen molar-refractivity contribution in [2.45, 2.75) is 70.8 Å². The molecule has 1 aromatic carbocycles. The van der Waals surface area contributed by atoms with Crippen molar-refractivity contribution in [2.75, 3.05) is 23.8 Å². The van der Waals surface area contributed by atoms with Gasteiger partial charge in [0.2, 0.25) is 17.7 Å². The van der Waals surface area contributed by atoms with Gasteiger partial charge in [0, 0.05) is 44.7 Å². The standard InChI is InChI=1S/C23H33N5O3/c1-4-28(3)19-11-9-10-18(16-19)24-20(30)12-13-21-25-22(27-31-21)23(26-17(2)29)14-7-5-6-8-15-23/h9-11,16H,4-8,12-15H2,1-3H3,(H,24,30)(H,26,29). The predicted molar refractivity (Wildman–Crippen MR) is 120 cm³/mol. The number of amides is 2. The molecule has 168 valence electrons. The Morgan fingerprint density at radius 2 is 1.94 bits per heavy atom. The van der Waals surface area contributed by atoms with Gasteiger partial charge in [0.05, 0.1) is 0 Å². The molecule has 1 aliphatic rings. The first-order valence-corrected chi connectivity index (χ1v) is 11.1. The summed E-state index contributed by atoms with van der Waals surface area (Å²) >= 11 is 0. The van der Waals surface area contributed by atoms with Gasteiger partial charge in [0.15, 0.2) is 5.82 Å². The molecule has 1 aromatic heterocycles. The van der Waals surface area contributed by atoms with Crippen LogP contribution in [-0.4, -0.2) is 35.5 Å². The van der Waals surface area contributed by atoms with Gasteiger partial charge in [0.25, 0.3) is 0 Å². The quantitative estimate of drug-likeness (QED) is 0.622. The van der Waals surface area contributed by atoms with E-state index in [9.17, 15) is 9.59 Å². The number of aryl methyl sites for hydroxylation is 1. The van der Waals surface area contributed by atoms with E-state index in [4.69, 9.17) is 4.52 Å². The molecule has 0 bridgehead atoms. The Kier molecular flexibility index (Phi) is 7.65. The number of carbonyl (C=O) groups excluding carboxylic acids is 2. The molecule has 8 nitrogen and oxygen atoms in total. The first-order valence-electron chi connectivity index (χ1n) is 11.1. The monoisotopic (exact) mass is 427 g/mol. The van der Waals surface area contributed by atoms with E-state index < -0.39 is 5.54 Å². The molecule has 2 aromatic rings. The van der Waals surface area contributed by atoms with Crippen molar-refractivity contribution < 1.29 is 14.1 Å². The van der Waals surface area contributed by atoms with Gasteiger partial charge in [-0.25, -0.2) is 0 Å². The molecule has 3 rings (SSSR count). The van der Waals surface area contributed by atoms with Crippen molar-refractivity contribution in [3.8, 4) is 0 Å². The summed E-state index contributed by atoms with van der Waals surface area (Å²) in [5.74, 6) is 0.736. The summed E-state index contributed by atoms with van der Waals surface area (Å²) < 4.78 is 5.43. The van der Waals surface area contributed by atoms with Crippen LogP contribution in [-0.2, 0) is 21.5 Å². The molecule has 2 amide bonds. The highest BCUT2D eigenvalue weighted by Crippen LogP contribution is 2.34. The van der Waals surface area contributed by atoms with Crippen molar-refractivity contribution >= 4 is 23.2 Å². The van der Waals surface area contributed by atoms with Gasteiger partial charge in [-0.1, -0.05) is 36.9 Å². The highest BCUT2D eigenvalue weighted by molar-refractivity contribution is 5.91. The molecule has 1 aliphatic carbocycles. The molecule has 0 spiro atoms. The second kappa shape index (κ2) is 10.4. The van der Waals surface area contributed by atoms with Gasteiger partial charge in [-0.2, -0.15) is 4.98 Å². The molecule has 1 heterocycles.